The number of anilines is 1. The number of ketones is 1. The average Bonchev–Trinajstić information content (AvgIpc) is 3.61. The fourth-order valence-electron chi connectivity index (χ4n) is 5.40. The third-order valence-corrected chi connectivity index (χ3v) is 8.53. The lowest BCUT2D eigenvalue weighted by Gasteiger charge is -2.31. The van der Waals surface area contributed by atoms with E-state index >= 15 is 0 Å². The quantitative estimate of drug-likeness (QED) is 0.338. The van der Waals surface area contributed by atoms with Gasteiger partial charge in [-0.15, -0.1) is 11.3 Å². The summed E-state index contributed by atoms with van der Waals surface area (Å²) in [6, 6.07) is 15.1. The first-order valence-electron chi connectivity index (χ1n) is 13.2. The lowest BCUT2D eigenvalue weighted by Crippen LogP contribution is -2.38. The minimum atomic E-state index is -0.261. The standard InChI is InChI=1S/C30H28N4O4S/c1-18-26(27(33-38-18)19-6-3-2-4-7-19)30(37)34-14-12-20(13-15-34)29-32-24(17-39-29)28(36)31-22-10-11-23-21(16-22)8-5-9-25(23)35/h2-4,6-7,10-11,16-17,20H,5,8-9,12-15H2,1H3,(H,31,36). The molecule has 1 N–H and O–H groups in total. The van der Waals surface area contributed by atoms with E-state index in [0.717, 1.165) is 47.4 Å². The van der Waals surface area contributed by atoms with Gasteiger partial charge in [0, 0.05) is 47.6 Å². The summed E-state index contributed by atoms with van der Waals surface area (Å²) in [5.74, 6) is 0.536. The summed E-state index contributed by atoms with van der Waals surface area (Å²) >= 11 is 1.48. The molecule has 1 saturated heterocycles. The molecule has 0 atom stereocenters. The summed E-state index contributed by atoms with van der Waals surface area (Å²) in [6.07, 6.45) is 3.81. The first-order chi connectivity index (χ1) is 19.0. The number of nitrogens with one attached hydrogen (secondary N) is 1. The molecule has 4 aromatic rings. The molecule has 0 saturated carbocycles. The van der Waals surface area contributed by atoms with E-state index in [9.17, 15) is 14.4 Å². The Balaban J connectivity index is 1.09. The summed E-state index contributed by atoms with van der Waals surface area (Å²) < 4.78 is 5.39. The highest BCUT2D eigenvalue weighted by Crippen LogP contribution is 2.33. The van der Waals surface area contributed by atoms with E-state index in [2.05, 4.69) is 15.5 Å². The van der Waals surface area contributed by atoms with Crippen LogP contribution in [-0.4, -0.2) is 45.7 Å². The molecule has 2 aromatic heterocycles. The molecule has 3 heterocycles. The van der Waals surface area contributed by atoms with Crippen LogP contribution in [0.3, 0.4) is 0 Å². The normalized spacial score (nSPS) is 15.7. The second-order valence-corrected chi connectivity index (χ2v) is 11.0. The highest BCUT2D eigenvalue weighted by molar-refractivity contribution is 7.10. The van der Waals surface area contributed by atoms with E-state index in [1.54, 1.807) is 24.4 Å². The Morgan fingerprint density at radius 1 is 1.08 bits per heavy atom. The minimum Gasteiger partial charge on any atom is -0.360 e. The Labute approximate surface area is 230 Å². The number of piperidine rings is 1. The van der Waals surface area contributed by atoms with Gasteiger partial charge in [0.25, 0.3) is 11.8 Å². The second kappa shape index (κ2) is 10.6. The molecule has 2 aromatic carbocycles. The van der Waals surface area contributed by atoms with Gasteiger partial charge < -0.3 is 14.7 Å². The summed E-state index contributed by atoms with van der Waals surface area (Å²) in [7, 11) is 0. The maximum absolute atomic E-state index is 13.4. The van der Waals surface area contributed by atoms with Crippen molar-refractivity contribution in [3.8, 4) is 11.3 Å². The van der Waals surface area contributed by atoms with E-state index in [4.69, 9.17) is 4.52 Å². The number of fused-ring (bicyclic) bond motifs is 1. The van der Waals surface area contributed by atoms with E-state index < -0.39 is 0 Å². The minimum absolute atomic E-state index is 0.0722. The van der Waals surface area contributed by atoms with Crippen molar-refractivity contribution in [2.45, 2.75) is 44.9 Å². The summed E-state index contributed by atoms with van der Waals surface area (Å²) in [5, 5.41) is 9.78. The van der Waals surface area contributed by atoms with Crippen LogP contribution >= 0.6 is 11.3 Å². The van der Waals surface area contributed by atoms with Crippen LogP contribution in [0.15, 0.2) is 58.4 Å². The molecule has 2 aliphatic rings. The van der Waals surface area contributed by atoms with Crippen LogP contribution in [0.5, 0.6) is 0 Å². The number of carbonyl (C=O) groups is 3. The number of aryl methyl sites for hydroxylation is 2. The van der Waals surface area contributed by atoms with Gasteiger partial charge >= 0.3 is 0 Å². The molecule has 39 heavy (non-hydrogen) atoms. The third-order valence-electron chi connectivity index (χ3n) is 7.52. The maximum atomic E-state index is 13.4. The molecule has 1 fully saturated rings. The van der Waals surface area contributed by atoms with Crippen molar-refractivity contribution in [3.63, 3.8) is 0 Å². The van der Waals surface area contributed by atoms with Crippen molar-refractivity contribution in [2.75, 3.05) is 18.4 Å². The molecule has 0 radical (unpaired) electrons. The van der Waals surface area contributed by atoms with E-state index in [-0.39, 0.29) is 23.5 Å². The molecule has 0 spiro atoms. The average molecular weight is 541 g/mol. The smallest absolute Gasteiger partial charge is 0.275 e. The van der Waals surface area contributed by atoms with Gasteiger partial charge in [-0.3, -0.25) is 14.4 Å². The van der Waals surface area contributed by atoms with Crippen LogP contribution in [0.1, 0.15) is 79.1 Å². The molecule has 0 unspecified atom stereocenters. The summed E-state index contributed by atoms with van der Waals surface area (Å²) in [5.41, 5.74) is 4.74. The zero-order valence-corrected chi connectivity index (χ0v) is 22.4. The Morgan fingerprint density at radius 2 is 1.87 bits per heavy atom. The van der Waals surface area contributed by atoms with Crippen LogP contribution in [0.25, 0.3) is 11.3 Å². The zero-order valence-electron chi connectivity index (χ0n) is 21.6. The Kier molecular flexibility index (Phi) is 6.83. The van der Waals surface area contributed by atoms with Crippen LogP contribution in [0.2, 0.25) is 0 Å². The lowest BCUT2D eigenvalue weighted by molar-refractivity contribution is 0.0711. The van der Waals surface area contributed by atoms with Gasteiger partial charge in [-0.2, -0.15) is 0 Å². The van der Waals surface area contributed by atoms with Gasteiger partial charge in [-0.25, -0.2) is 4.98 Å². The van der Waals surface area contributed by atoms with Crippen molar-refractivity contribution >= 4 is 34.6 Å². The Bertz CT molecular complexity index is 1550. The Morgan fingerprint density at radius 3 is 2.67 bits per heavy atom. The fourth-order valence-corrected chi connectivity index (χ4v) is 6.37. The van der Waals surface area contributed by atoms with Crippen LogP contribution in [0, 0.1) is 6.92 Å². The van der Waals surface area contributed by atoms with Crippen molar-refractivity contribution in [1.29, 1.82) is 0 Å². The van der Waals surface area contributed by atoms with Gasteiger partial charge in [0.15, 0.2) is 5.78 Å². The van der Waals surface area contributed by atoms with Gasteiger partial charge in [0.05, 0.1) is 5.01 Å². The first-order valence-corrected chi connectivity index (χ1v) is 14.1. The molecule has 1 aliphatic carbocycles. The van der Waals surface area contributed by atoms with Gasteiger partial charge in [-0.1, -0.05) is 35.5 Å². The van der Waals surface area contributed by atoms with Crippen LogP contribution in [-0.2, 0) is 6.42 Å². The number of likely N-dealkylation sites (tertiary alicyclic amines) is 1. The molecule has 1 aliphatic heterocycles. The fraction of sp³-hybridized carbons (Fsp3) is 0.300. The van der Waals surface area contributed by atoms with Crippen molar-refractivity contribution in [1.82, 2.24) is 15.0 Å². The largest absolute Gasteiger partial charge is 0.360 e. The number of Topliss-reactive ketones (excluding diaryl/α,β-unsaturated/α-hetero) is 1. The monoisotopic (exact) mass is 540 g/mol. The van der Waals surface area contributed by atoms with E-state index in [1.807, 2.05) is 41.3 Å². The van der Waals surface area contributed by atoms with Crippen molar-refractivity contribution in [2.24, 2.45) is 0 Å². The van der Waals surface area contributed by atoms with E-state index in [0.29, 0.717) is 47.9 Å². The molecule has 8 nitrogen and oxygen atoms in total. The number of hydrogen-bond acceptors (Lipinski definition) is 7. The summed E-state index contributed by atoms with van der Waals surface area (Å²) in [6.45, 7) is 2.96. The SMILES string of the molecule is Cc1onc(-c2ccccc2)c1C(=O)N1CCC(c2nc(C(=O)Nc3ccc4c(c3)CCCC4=O)cs2)CC1. The number of nitrogens with zero attached hydrogens (tertiary/aromatic N) is 3. The molecule has 9 heteroatoms. The highest BCUT2D eigenvalue weighted by Gasteiger charge is 2.31. The topological polar surface area (TPSA) is 105 Å². The molecule has 6 rings (SSSR count). The van der Waals surface area contributed by atoms with Crippen LogP contribution < -0.4 is 5.32 Å². The van der Waals surface area contributed by atoms with Gasteiger partial charge in [0.2, 0.25) is 0 Å². The predicted octanol–water partition coefficient (Wildman–Crippen LogP) is 5.90. The van der Waals surface area contributed by atoms with Gasteiger partial charge in [0.1, 0.15) is 22.7 Å². The number of amides is 2. The van der Waals surface area contributed by atoms with Gasteiger partial charge in [-0.05, 0) is 56.4 Å². The predicted molar refractivity (Wildman–Crippen MR) is 148 cm³/mol. The number of benzene rings is 2. The Hall–Kier alpha value is -4.11. The number of hydrogen-bond donors (Lipinski definition) is 1. The molecule has 2 amide bonds. The number of aromatic nitrogens is 2. The number of rotatable bonds is 5. The molecular formula is C30H28N4O4S. The molecule has 198 valence electrons. The lowest BCUT2D eigenvalue weighted by atomic mass is 9.90. The molecule has 0 bridgehead atoms. The zero-order chi connectivity index (χ0) is 26.9. The van der Waals surface area contributed by atoms with Crippen molar-refractivity contribution < 1.29 is 18.9 Å². The number of carbonyl (C=O) groups excluding carboxylic acids is 3. The third kappa shape index (κ3) is 5.02. The van der Waals surface area contributed by atoms with Crippen molar-refractivity contribution in [3.05, 3.63) is 87.1 Å². The van der Waals surface area contributed by atoms with E-state index in [1.165, 1.54) is 11.3 Å². The maximum Gasteiger partial charge on any atom is 0.275 e. The highest BCUT2D eigenvalue weighted by atomic mass is 32.1. The van der Waals surface area contributed by atoms with Crippen LogP contribution in [0.4, 0.5) is 5.69 Å². The first kappa shape index (κ1) is 25.2. The second-order valence-electron chi connectivity index (χ2n) is 10.1. The molecular weight excluding hydrogens is 512 g/mol. The number of thiazole rings is 1. The summed E-state index contributed by atoms with van der Waals surface area (Å²) in [4.78, 5) is 44.9.